The number of benzene rings is 2. The molecule has 0 saturated carbocycles. The van der Waals surface area contributed by atoms with Crippen molar-refractivity contribution >= 4 is 22.4 Å². The lowest BCUT2D eigenvalue weighted by Crippen LogP contribution is -2.14. The molecule has 0 unspecified atom stereocenters. The number of hydrogen-bond acceptors (Lipinski definition) is 3. The molecule has 1 aliphatic carbocycles. The largest absolute Gasteiger partial charge is 0.302 e. The molecule has 0 spiro atoms. The van der Waals surface area contributed by atoms with Gasteiger partial charge in [-0.15, -0.1) is 11.3 Å². The highest BCUT2D eigenvalue weighted by Crippen LogP contribution is 2.40. The number of nitrogens with one attached hydrogen (secondary N) is 1. The number of amides is 1. The van der Waals surface area contributed by atoms with Crippen LogP contribution in [-0.4, -0.2) is 10.9 Å². The maximum absolute atomic E-state index is 12.9. The number of anilines is 1. The standard InChI is InChI=1S/C18H13FN2OS/c19-13-7-5-11(6-8-13)9-16(22)20-18-21-17-14-4-2-1-3-12(14)10-15(17)23-18/h1-8H,9-10H2,(H,20,21,22). The van der Waals surface area contributed by atoms with Crippen molar-refractivity contribution in [3.05, 3.63) is 70.4 Å². The van der Waals surface area contributed by atoms with Gasteiger partial charge in [0.1, 0.15) is 5.82 Å². The number of thiazole rings is 1. The summed E-state index contributed by atoms with van der Waals surface area (Å²) in [5, 5.41) is 3.46. The second kappa shape index (κ2) is 5.59. The molecule has 1 amide bonds. The highest BCUT2D eigenvalue weighted by atomic mass is 32.1. The van der Waals surface area contributed by atoms with E-state index in [1.807, 2.05) is 12.1 Å². The van der Waals surface area contributed by atoms with Crippen molar-refractivity contribution < 1.29 is 9.18 Å². The molecular formula is C18H13FN2OS. The van der Waals surface area contributed by atoms with Gasteiger partial charge < -0.3 is 5.32 Å². The van der Waals surface area contributed by atoms with E-state index >= 15 is 0 Å². The van der Waals surface area contributed by atoms with Crippen molar-refractivity contribution in [1.82, 2.24) is 4.98 Å². The van der Waals surface area contributed by atoms with E-state index in [9.17, 15) is 9.18 Å². The van der Waals surface area contributed by atoms with Crippen molar-refractivity contribution in [3.8, 4) is 11.3 Å². The molecule has 114 valence electrons. The van der Waals surface area contributed by atoms with E-state index in [0.717, 1.165) is 23.2 Å². The molecule has 0 saturated heterocycles. The maximum Gasteiger partial charge on any atom is 0.230 e. The topological polar surface area (TPSA) is 42.0 Å². The van der Waals surface area contributed by atoms with E-state index in [1.54, 1.807) is 12.1 Å². The average molecular weight is 324 g/mol. The molecule has 3 nitrogen and oxygen atoms in total. The minimum Gasteiger partial charge on any atom is -0.302 e. The Balaban J connectivity index is 1.49. The molecule has 0 atom stereocenters. The first-order chi connectivity index (χ1) is 11.2. The van der Waals surface area contributed by atoms with Gasteiger partial charge >= 0.3 is 0 Å². The van der Waals surface area contributed by atoms with E-state index in [1.165, 1.54) is 33.9 Å². The number of nitrogens with zero attached hydrogens (tertiary/aromatic N) is 1. The van der Waals surface area contributed by atoms with Crippen LogP contribution < -0.4 is 5.32 Å². The number of aromatic nitrogens is 1. The third kappa shape index (κ3) is 2.75. The summed E-state index contributed by atoms with van der Waals surface area (Å²) in [6.07, 6.45) is 1.08. The molecule has 0 aliphatic heterocycles. The Labute approximate surface area is 136 Å². The molecular weight excluding hydrogens is 311 g/mol. The first-order valence-electron chi connectivity index (χ1n) is 7.31. The summed E-state index contributed by atoms with van der Waals surface area (Å²) in [4.78, 5) is 17.8. The van der Waals surface area contributed by atoms with Crippen LogP contribution in [0.4, 0.5) is 9.52 Å². The van der Waals surface area contributed by atoms with Crippen molar-refractivity contribution in [1.29, 1.82) is 0 Å². The van der Waals surface area contributed by atoms with Crippen LogP contribution in [0, 0.1) is 5.82 Å². The fourth-order valence-electron chi connectivity index (χ4n) is 2.77. The van der Waals surface area contributed by atoms with Crippen LogP contribution in [0.3, 0.4) is 0 Å². The third-order valence-corrected chi connectivity index (χ3v) is 4.82. The van der Waals surface area contributed by atoms with Gasteiger partial charge in [0.15, 0.2) is 5.13 Å². The normalized spacial score (nSPS) is 11.9. The second-order valence-corrected chi connectivity index (χ2v) is 6.56. The molecule has 0 bridgehead atoms. The molecule has 5 heteroatoms. The minimum absolute atomic E-state index is 0.141. The second-order valence-electron chi connectivity index (χ2n) is 5.48. The Morgan fingerprint density at radius 2 is 1.96 bits per heavy atom. The quantitative estimate of drug-likeness (QED) is 0.618. The molecule has 3 aromatic rings. The molecule has 2 aromatic carbocycles. The lowest BCUT2D eigenvalue weighted by molar-refractivity contribution is -0.115. The number of carbonyl (C=O) groups excluding carboxylic acids is 1. The SMILES string of the molecule is O=C(Cc1ccc(F)cc1)Nc1nc2c(s1)Cc1ccccc1-2. The Morgan fingerprint density at radius 3 is 2.78 bits per heavy atom. The van der Waals surface area contributed by atoms with Gasteiger partial charge in [0.25, 0.3) is 0 Å². The van der Waals surface area contributed by atoms with Gasteiger partial charge in [-0.1, -0.05) is 36.4 Å². The smallest absolute Gasteiger partial charge is 0.230 e. The average Bonchev–Trinajstić information content (AvgIpc) is 3.06. The summed E-state index contributed by atoms with van der Waals surface area (Å²) < 4.78 is 12.9. The highest BCUT2D eigenvalue weighted by Gasteiger charge is 2.23. The van der Waals surface area contributed by atoms with Gasteiger partial charge in [-0.3, -0.25) is 4.79 Å². The molecule has 1 heterocycles. The van der Waals surface area contributed by atoms with Crippen LogP contribution in [0.2, 0.25) is 0 Å². The summed E-state index contributed by atoms with van der Waals surface area (Å²) in [5.74, 6) is -0.443. The Morgan fingerprint density at radius 1 is 1.17 bits per heavy atom. The van der Waals surface area contributed by atoms with Gasteiger partial charge in [0, 0.05) is 16.9 Å². The number of fused-ring (bicyclic) bond motifs is 3. The van der Waals surface area contributed by atoms with Crippen LogP contribution in [0.5, 0.6) is 0 Å². The summed E-state index contributed by atoms with van der Waals surface area (Å²) in [6.45, 7) is 0. The van der Waals surface area contributed by atoms with Crippen molar-refractivity contribution in [2.75, 3.05) is 5.32 Å². The number of hydrogen-bond donors (Lipinski definition) is 1. The monoisotopic (exact) mass is 324 g/mol. The van der Waals surface area contributed by atoms with Gasteiger partial charge in [-0.25, -0.2) is 9.37 Å². The van der Waals surface area contributed by atoms with Crippen LogP contribution in [0.15, 0.2) is 48.5 Å². The number of carbonyl (C=O) groups is 1. The summed E-state index contributed by atoms with van der Waals surface area (Å²) in [7, 11) is 0. The van der Waals surface area contributed by atoms with Gasteiger partial charge in [0.2, 0.25) is 5.91 Å². The lowest BCUT2D eigenvalue weighted by Gasteiger charge is -2.03. The zero-order valence-corrected chi connectivity index (χ0v) is 13.0. The van der Waals surface area contributed by atoms with Gasteiger partial charge in [0.05, 0.1) is 12.1 Å². The fraction of sp³-hybridized carbons (Fsp3) is 0.111. The molecule has 1 N–H and O–H groups in total. The minimum atomic E-state index is -0.302. The molecule has 0 radical (unpaired) electrons. The number of halogens is 1. The van der Waals surface area contributed by atoms with Crippen molar-refractivity contribution in [3.63, 3.8) is 0 Å². The zero-order chi connectivity index (χ0) is 15.8. The summed E-state index contributed by atoms with van der Waals surface area (Å²) in [6, 6.07) is 14.2. The number of rotatable bonds is 3. The van der Waals surface area contributed by atoms with Crippen molar-refractivity contribution in [2.24, 2.45) is 0 Å². The fourth-order valence-corrected chi connectivity index (χ4v) is 3.78. The van der Waals surface area contributed by atoms with Crippen LogP contribution in [0.25, 0.3) is 11.3 Å². The summed E-state index contributed by atoms with van der Waals surface area (Å²) in [5.41, 5.74) is 4.18. The van der Waals surface area contributed by atoms with Crippen LogP contribution >= 0.6 is 11.3 Å². The van der Waals surface area contributed by atoms with Gasteiger partial charge in [-0.05, 0) is 23.3 Å². The Hall–Kier alpha value is -2.53. The van der Waals surface area contributed by atoms with Crippen molar-refractivity contribution in [2.45, 2.75) is 12.8 Å². The van der Waals surface area contributed by atoms with Gasteiger partial charge in [-0.2, -0.15) is 0 Å². The van der Waals surface area contributed by atoms with Crippen LogP contribution in [0.1, 0.15) is 16.0 Å². The molecule has 23 heavy (non-hydrogen) atoms. The molecule has 4 rings (SSSR count). The van der Waals surface area contributed by atoms with E-state index < -0.39 is 0 Å². The lowest BCUT2D eigenvalue weighted by atomic mass is 10.1. The van der Waals surface area contributed by atoms with E-state index in [2.05, 4.69) is 22.4 Å². The maximum atomic E-state index is 12.9. The molecule has 1 aliphatic rings. The zero-order valence-electron chi connectivity index (χ0n) is 12.2. The predicted octanol–water partition coefficient (Wildman–Crippen LogP) is 4.03. The Bertz CT molecular complexity index is 886. The van der Waals surface area contributed by atoms with E-state index in [4.69, 9.17) is 0 Å². The highest BCUT2D eigenvalue weighted by molar-refractivity contribution is 7.16. The molecule has 0 fully saturated rings. The first kappa shape index (κ1) is 14.1. The van der Waals surface area contributed by atoms with E-state index in [0.29, 0.717) is 5.13 Å². The Kier molecular flexibility index (Phi) is 3.42. The third-order valence-electron chi connectivity index (χ3n) is 3.85. The molecule has 1 aromatic heterocycles. The summed E-state index contributed by atoms with van der Waals surface area (Å²) >= 11 is 1.52. The first-order valence-corrected chi connectivity index (χ1v) is 8.13. The predicted molar refractivity (Wildman–Crippen MR) is 89.1 cm³/mol. The van der Waals surface area contributed by atoms with Crippen LogP contribution in [-0.2, 0) is 17.6 Å². The van der Waals surface area contributed by atoms with E-state index in [-0.39, 0.29) is 18.1 Å².